The summed E-state index contributed by atoms with van der Waals surface area (Å²) in [6, 6.07) is 7.46. The second-order valence-electron chi connectivity index (χ2n) is 6.07. The number of H-pyrrole nitrogens is 1. The fourth-order valence-electron chi connectivity index (χ4n) is 2.83. The summed E-state index contributed by atoms with van der Waals surface area (Å²) in [5.74, 6) is 0.576. The molecule has 148 valence electrons. The van der Waals surface area contributed by atoms with Gasteiger partial charge in [0, 0.05) is 4.47 Å². The minimum atomic E-state index is -0.430. The number of hydrogen-bond donors (Lipinski definition) is 2. The Labute approximate surface area is 176 Å². The lowest BCUT2D eigenvalue weighted by molar-refractivity contribution is -0.113. The summed E-state index contributed by atoms with van der Waals surface area (Å²) in [7, 11) is 0. The van der Waals surface area contributed by atoms with Crippen LogP contribution in [0.5, 0.6) is 0 Å². The number of aryl methyl sites for hydroxylation is 2. The molecule has 0 atom stereocenters. The fourth-order valence-corrected chi connectivity index (χ4v) is 3.85. The van der Waals surface area contributed by atoms with E-state index in [4.69, 9.17) is 8.83 Å². The number of halogens is 1. The standard InChI is InChI=1S/C18H14BrN5O4S/c1-8-13-9(2)27-17(14(13)15(26)22-21-8)20-12(25)7-29-18-24-23-16(28-18)10-5-3-4-6-11(10)19/h3-6H,7H2,1-2H3,(H,20,25)(H,22,26). The minimum Gasteiger partial charge on any atom is -0.444 e. The fraction of sp³-hybridized carbons (Fsp3) is 0.167. The molecule has 0 unspecified atom stereocenters. The van der Waals surface area contributed by atoms with Crippen LogP contribution in [0.3, 0.4) is 0 Å². The van der Waals surface area contributed by atoms with Crippen LogP contribution in [-0.4, -0.2) is 32.1 Å². The van der Waals surface area contributed by atoms with Crippen LogP contribution >= 0.6 is 27.7 Å². The molecule has 0 aliphatic heterocycles. The van der Waals surface area contributed by atoms with E-state index >= 15 is 0 Å². The number of rotatable bonds is 5. The molecule has 0 saturated carbocycles. The van der Waals surface area contributed by atoms with Gasteiger partial charge in [-0.2, -0.15) is 5.10 Å². The lowest BCUT2D eigenvalue weighted by atomic mass is 10.2. The van der Waals surface area contributed by atoms with E-state index < -0.39 is 5.56 Å². The third-order valence-electron chi connectivity index (χ3n) is 4.09. The highest BCUT2D eigenvalue weighted by atomic mass is 79.9. The first-order valence-electron chi connectivity index (χ1n) is 8.43. The Kier molecular flexibility index (Phi) is 5.24. The average molecular weight is 476 g/mol. The van der Waals surface area contributed by atoms with Gasteiger partial charge in [0.15, 0.2) is 0 Å². The van der Waals surface area contributed by atoms with E-state index in [2.05, 4.69) is 41.6 Å². The molecular weight excluding hydrogens is 462 g/mol. The number of carbonyl (C=O) groups is 1. The molecular formula is C18H14BrN5O4S. The summed E-state index contributed by atoms with van der Waals surface area (Å²) in [5.41, 5.74) is 0.943. The highest BCUT2D eigenvalue weighted by molar-refractivity contribution is 9.10. The van der Waals surface area contributed by atoms with Crippen LogP contribution in [0.2, 0.25) is 0 Å². The third kappa shape index (κ3) is 3.83. The number of fused-ring (bicyclic) bond motifs is 1. The molecule has 11 heteroatoms. The van der Waals surface area contributed by atoms with Gasteiger partial charge in [-0.15, -0.1) is 10.2 Å². The van der Waals surface area contributed by atoms with Crippen LogP contribution < -0.4 is 10.9 Å². The van der Waals surface area contributed by atoms with Crippen LogP contribution in [-0.2, 0) is 4.79 Å². The topological polar surface area (TPSA) is 127 Å². The number of aromatic nitrogens is 4. The lowest BCUT2D eigenvalue weighted by Gasteiger charge is -2.01. The maximum Gasteiger partial charge on any atom is 0.277 e. The van der Waals surface area contributed by atoms with E-state index in [1.165, 1.54) is 0 Å². The third-order valence-corrected chi connectivity index (χ3v) is 5.60. The highest BCUT2D eigenvalue weighted by Gasteiger charge is 2.19. The van der Waals surface area contributed by atoms with Crippen molar-refractivity contribution in [1.82, 2.24) is 20.4 Å². The summed E-state index contributed by atoms with van der Waals surface area (Å²) in [6.07, 6.45) is 0. The molecule has 1 amide bonds. The number of aromatic amines is 1. The van der Waals surface area contributed by atoms with Gasteiger partial charge in [-0.25, -0.2) is 5.10 Å². The van der Waals surface area contributed by atoms with Gasteiger partial charge in [0.1, 0.15) is 11.1 Å². The molecule has 0 bridgehead atoms. The lowest BCUT2D eigenvalue weighted by Crippen LogP contribution is -2.16. The molecule has 0 aliphatic carbocycles. The van der Waals surface area contributed by atoms with Crippen molar-refractivity contribution in [2.75, 3.05) is 11.1 Å². The van der Waals surface area contributed by atoms with Crippen molar-refractivity contribution in [2.45, 2.75) is 19.1 Å². The van der Waals surface area contributed by atoms with Crippen molar-refractivity contribution in [1.29, 1.82) is 0 Å². The molecule has 9 nitrogen and oxygen atoms in total. The van der Waals surface area contributed by atoms with Crippen LogP contribution in [0, 0.1) is 13.8 Å². The second-order valence-corrected chi connectivity index (χ2v) is 7.85. The molecule has 0 saturated heterocycles. The maximum atomic E-state index is 12.3. The predicted octanol–water partition coefficient (Wildman–Crippen LogP) is 3.68. The number of hydrogen-bond acceptors (Lipinski definition) is 8. The number of amides is 1. The number of furan rings is 1. The van der Waals surface area contributed by atoms with E-state index in [0.29, 0.717) is 22.7 Å². The summed E-state index contributed by atoms with van der Waals surface area (Å²) >= 11 is 4.51. The summed E-state index contributed by atoms with van der Waals surface area (Å²) in [5, 5.41) is 18.0. The van der Waals surface area contributed by atoms with Gasteiger partial charge in [0.25, 0.3) is 10.8 Å². The Morgan fingerprint density at radius 2 is 2.00 bits per heavy atom. The first-order valence-corrected chi connectivity index (χ1v) is 10.2. The molecule has 1 aromatic carbocycles. The zero-order chi connectivity index (χ0) is 20.5. The van der Waals surface area contributed by atoms with E-state index in [0.717, 1.165) is 21.8 Å². The summed E-state index contributed by atoms with van der Waals surface area (Å²) < 4.78 is 12.0. The van der Waals surface area contributed by atoms with E-state index in [-0.39, 0.29) is 28.2 Å². The number of carbonyl (C=O) groups excluding carboxylic acids is 1. The number of thioether (sulfide) groups is 1. The van der Waals surface area contributed by atoms with E-state index in [1.54, 1.807) is 13.8 Å². The zero-order valence-corrected chi connectivity index (χ0v) is 17.7. The molecule has 0 spiro atoms. The van der Waals surface area contributed by atoms with Crippen molar-refractivity contribution >= 4 is 50.3 Å². The molecule has 3 heterocycles. The van der Waals surface area contributed by atoms with Gasteiger partial charge in [0.2, 0.25) is 17.7 Å². The van der Waals surface area contributed by atoms with Crippen LogP contribution in [0.25, 0.3) is 22.2 Å². The Balaban J connectivity index is 1.47. The number of nitrogens with zero attached hydrogens (tertiary/aromatic N) is 3. The number of anilines is 1. The van der Waals surface area contributed by atoms with Gasteiger partial charge >= 0.3 is 0 Å². The van der Waals surface area contributed by atoms with Crippen LogP contribution in [0.1, 0.15) is 11.5 Å². The molecule has 29 heavy (non-hydrogen) atoms. The smallest absolute Gasteiger partial charge is 0.277 e. The summed E-state index contributed by atoms with van der Waals surface area (Å²) in [4.78, 5) is 24.5. The molecule has 0 radical (unpaired) electrons. The Hall–Kier alpha value is -2.92. The van der Waals surface area contributed by atoms with Gasteiger partial charge in [-0.05, 0) is 41.9 Å². The van der Waals surface area contributed by atoms with Crippen molar-refractivity contribution < 1.29 is 13.6 Å². The van der Waals surface area contributed by atoms with Crippen LogP contribution in [0.15, 0.2) is 47.6 Å². The average Bonchev–Trinajstić information content (AvgIpc) is 3.29. The monoisotopic (exact) mass is 475 g/mol. The Morgan fingerprint density at radius 3 is 2.79 bits per heavy atom. The molecule has 4 aromatic rings. The van der Waals surface area contributed by atoms with Crippen molar-refractivity contribution in [3.8, 4) is 11.5 Å². The molecule has 2 N–H and O–H groups in total. The first kappa shape index (κ1) is 19.4. The molecule has 0 fully saturated rings. The van der Waals surface area contributed by atoms with Gasteiger partial charge in [0.05, 0.1) is 22.4 Å². The Bertz CT molecular complexity index is 1280. The minimum absolute atomic E-state index is 0.000798. The number of nitrogens with one attached hydrogen (secondary N) is 2. The summed E-state index contributed by atoms with van der Waals surface area (Å²) in [6.45, 7) is 3.46. The van der Waals surface area contributed by atoms with Gasteiger partial charge < -0.3 is 8.83 Å². The van der Waals surface area contributed by atoms with E-state index in [9.17, 15) is 9.59 Å². The first-order chi connectivity index (χ1) is 13.9. The maximum absolute atomic E-state index is 12.3. The molecule has 3 aromatic heterocycles. The molecule has 0 aliphatic rings. The normalized spacial score (nSPS) is 11.1. The number of benzene rings is 1. The van der Waals surface area contributed by atoms with Crippen molar-refractivity contribution in [2.24, 2.45) is 0 Å². The van der Waals surface area contributed by atoms with Gasteiger partial charge in [-0.3, -0.25) is 14.9 Å². The molecule has 4 rings (SSSR count). The SMILES string of the molecule is Cc1n[nH]c(=O)c2c(NC(=O)CSc3nnc(-c4ccccc4Br)o3)oc(C)c12. The van der Waals surface area contributed by atoms with Crippen molar-refractivity contribution in [3.63, 3.8) is 0 Å². The predicted molar refractivity (Wildman–Crippen MR) is 111 cm³/mol. The second kappa shape index (κ2) is 7.84. The largest absolute Gasteiger partial charge is 0.444 e. The van der Waals surface area contributed by atoms with Gasteiger partial charge in [-0.1, -0.05) is 23.9 Å². The van der Waals surface area contributed by atoms with E-state index in [1.807, 2.05) is 24.3 Å². The highest BCUT2D eigenvalue weighted by Crippen LogP contribution is 2.30. The zero-order valence-electron chi connectivity index (χ0n) is 15.3. The van der Waals surface area contributed by atoms with Crippen LogP contribution in [0.4, 0.5) is 5.88 Å². The quantitative estimate of drug-likeness (QED) is 0.418. The van der Waals surface area contributed by atoms with Crippen molar-refractivity contribution in [3.05, 3.63) is 50.5 Å². The Morgan fingerprint density at radius 1 is 1.21 bits per heavy atom.